The van der Waals surface area contributed by atoms with Crippen LogP contribution >= 0.6 is 0 Å². The molecule has 0 aromatic heterocycles. The molecule has 2 aromatic carbocycles. The third kappa shape index (κ3) is 3.46. The van der Waals surface area contributed by atoms with Crippen LogP contribution < -0.4 is 5.32 Å². The molecule has 170 valence electrons. The summed E-state index contributed by atoms with van der Waals surface area (Å²) in [4.78, 5) is 38.3. The van der Waals surface area contributed by atoms with Gasteiger partial charge < -0.3 is 20.1 Å². The van der Waals surface area contributed by atoms with Gasteiger partial charge in [-0.05, 0) is 46.9 Å². The maximum absolute atomic E-state index is 12.8. The number of ether oxygens (including phenoxy) is 1. The third-order valence-electron chi connectivity index (χ3n) is 7.89. The van der Waals surface area contributed by atoms with Crippen LogP contribution in [0.15, 0.2) is 48.5 Å². The van der Waals surface area contributed by atoms with Crippen LogP contribution in [0.5, 0.6) is 0 Å². The molecule has 3 aliphatic carbocycles. The number of aliphatic carboxylic acids is 1. The van der Waals surface area contributed by atoms with Gasteiger partial charge in [0.2, 0.25) is 5.91 Å². The SMILES string of the molecule is O=C(NC1(CC(=O)N2CC3C(C2)C3C(=O)O)CC1)OCC1c2ccccc2-c2ccccc21. The Hall–Kier alpha value is -3.35. The Bertz CT molecular complexity index is 1100. The number of fused-ring (bicyclic) bond motifs is 4. The number of piperidine rings is 1. The van der Waals surface area contributed by atoms with Crippen molar-refractivity contribution in [1.82, 2.24) is 10.2 Å². The van der Waals surface area contributed by atoms with Crippen LogP contribution in [-0.4, -0.2) is 53.2 Å². The summed E-state index contributed by atoms with van der Waals surface area (Å²) >= 11 is 0. The van der Waals surface area contributed by atoms with Gasteiger partial charge in [-0.1, -0.05) is 48.5 Å². The molecule has 2 atom stereocenters. The molecule has 2 unspecified atom stereocenters. The first-order valence-electron chi connectivity index (χ1n) is 11.6. The smallest absolute Gasteiger partial charge is 0.407 e. The summed E-state index contributed by atoms with van der Waals surface area (Å²) in [5.74, 6) is -0.870. The van der Waals surface area contributed by atoms with Crippen molar-refractivity contribution in [2.75, 3.05) is 19.7 Å². The topological polar surface area (TPSA) is 95.9 Å². The number of carboxylic acid groups (broad SMARTS) is 1. The van der Waals surface area contributed by atoms with Crippen LogP contribution in [0.3, 0.4) is 0 Å². The van der Waals surface area contributed by atoms with Crippen molar-refractivity contribution in [1.29, 1.82) is 0 Å². The monoisotopic (exact) mass is 446 g/mol. The molecule has 3 fully saturated rings. The molecule has 0 bridgehead atoms. The molecule has 2 aromatic rings. The van der Waals surface area contributed by atoms with Gasteiger partial charge in [0.05, 0.1) is 17.9 Å². The van der Waals surface area contributed by atoms with E-state index in [1.807, 2.05) is 24.3 Å². The number of nitrogens with one attached hydrogen (secondary N) is 1. The van der Waals surface area contributed by atoms with E-state index in [0.717, 1.165) is 24.0 Å². The molecule has 33 heavy (non-hydrogen) atoms. The summed E-state index contributed by atoms with van der Waals surface area (Å²) in [6, 6.07) is 16.4. The molecule has 7 heteroatoms. The first kappa shape index (κ1) is 20.3. The van der Waals surface area contributed by atoms with Gasteiger partial charge in [-0.2, -0.15) is 0 Å². The molecule has 7 nitrogen and oxygen atoms in total. The number of hydrogen-bond acceptors (Lipinski definition) is 4. The van der Waals surface area contributed by atoms with E-state index in [-0.39, 0.29) is 42.6 Å². The molecule has 4 aliphatic rings. The van der Waals surface area contributed by atoms with Crippen molar-refractivity contribution in [2.24, 2.45) is 17.8 Å². The molecule has 2 saturated carbocycles. The molecule has 6 rings (SSSR count). The Labute approximate surface area is 191 Å². The summed E-state index contributed by atoms with van der Waals surface area (Å²) in [6.45, 7) is 1.28. The van der Waals surface area contributed by atoms with Crippen molar-refractivity contribution < 1.29 is 24.2 Å². The second-order valence-corrected chi connectivity index (χ2v) is 9.90. The number of hydrogen-bond donors (Lipinski definition) is 2. The number of likely N-dealkylation sites (tertiary alicyclic amines) is 1. The Morgan fingerprint density at radius 2 is 1.55 bits per heavy atom. The first-order chi connectivity index (χ1) is 16.0. The van der Waals surface area contributed by atoms with Crippen LogP contribution in [0.4, 0.5) is 4.79 Å². The minimum Gasteiger partial charge on any atom is -0.481 e. The molecule has 2 N–H and O–H groups in total. The number of carbonyl (C=O) groups is 3. The summed E-state index contributed by atoms with van der Waals surface area (Å²) in [6.07, 6.45) is 1.26. The summed E-state index contributed by atoms with van der Waals surface area (Å²) in [5.41, 5.74) is 4.16. The predicted octanol–water partition coefficient (Wildman–Crippen LogP) is 3.24. The number of carboxylic acids is 1. The van der Waals surface area contributed by atoms with Crippen molar-refractivity contribution in [3.63, 3.8) is 0 Å². The van der Waals surface area contributed by atoms with Gasteiger partial charge >= 0.3 is 12.1 Å². The average Bonchev–Trinajstić information content (AvgIpc) is 3.63. The first-order valence-corrected chi connectivity index (χ1v) is 11.6. The second-order valence-electron chi connectivity index (χ2n) is 9.90. The lowest BCUT2D eigenvalue weighted by atomic mass is 9.98. The van der Waals surface area contributed by atoms with E-state index in [0.29, 0.717) is 13.1 Å². The highest BCUT2D eigenvalue weighted by atomic mass is 16.5. The molecule has 0 radical (unpaired) electrons. The quantitative estimate of drug-likeness (QED) is 0.710. The van der Waals surface area contributed by atoms with Gasteiger partial charge in [-0.3, -0.25) is 9.59 Å². The van der Waals surface area contributed by atoms with E-state index in [1.165, 1.54) is 11.1 Å². The number of nitrogens with zero attached hydrogens (tertiary/aromatic N) is 1. The van der Waals surface area contributed by atoms with Crippen LogP contribution in [0, 0.1) is 17.8 Å². The van der Waals surface area contributed by atoms with E-state index < -0.39 is 17.6 Å². The van der Waals surface area contributed by atoms with Crippen molar-refractivity contribution in [2.45, 2.75) is 30.7 Å². The fraction of sp³-hybridized carbons (Fsp3) is 0.423. The molecule has 1 saturated heterocycles. The standard InChI is InChI=1S/C26H26N2O5/c29-22(28-12-19-20(13-28)23(19)24(30)31)11-26(9-10-26)27-25(32)33-14-21-17-7-3-1-5-15(17)16-6-2-4-8-18(16)21/h1-8,19-21,23H,9-14H2,(H,27,32)(H,30,31). The largest absolute Gasteiger partial charge is 0.481 e. The lowest BCUT2D eigenvalue weighted by Crippen LogP contribution is -2.43. The Morgan fingerprint density at radius 1 is 0.970 bits per heavy atom. The lowest BCUT2D eigenvalue weighted by molar-refractivity contribution is -0.141. The number of alkyl carbamates (subject to hydrolysis) is 1. The average molecular weight is 447 g/mol. The van der Waals surface area contributed by atoms with Crippen molar-refractivity contribution >= 4 is 18.0 Å². The minimum absolute atomic E-state index is 0.00144. The Kier molecular flexibility index (Phi) is 4.50. The third-order valence-corrected chi connectivity index (χ3v) is 7.89. The summed E-state index contributed by atoms with van der Waals surface area (Å²) < 4.78 is 5.65. The van der Waals surface area contributed by atoms with Crippen LogP contribution in [0.2, 0.25) is 0 Å². The van der Waals surface area contributed by atoms with E-state index in [4.69, 9.17) is 9.84 Å². The lowest BCUT2D eigenvalue weighted by Gasteiger charge is -2.23. The molecular weight excluding hydrogens is 420 g/mol. The van der Waals surface area contributed by atoms with Gasteiger partial charge in [-0.25, -0.2) is 4.79 Å². The molecule has 0 spiro atoms. The molecule has 1 aliphatic heterocycles. The van der Waals surface area contributed by atoms with Gasteiger partial charge in [-0.15, -0.1) is 0 Å². The molecular formula is C26H26N2O5. The summed E-state index contributed by atoms with van der Waals surface area (Å²) in [5, 5.41) is 12.1. The maximum Gasteiger partial charge on any atom is 0.407 e. The summed E-state index contributed by atoms with van der Waals surface area (Å²) in [7, 11) is 0. The van der Waals surface area contributed by atoms with Gasteiger partial charge in [0.15, 0.2) is 0 Å². The van der Waals surface area contributed by atoms with Gasteiger partial charge in [0.25, 0.3) is 0 Å². The minimum atomic E-state index is -0.757. The zero-order chi connectivity index (χ0) is 22.7. The highest BCUT2D eigenvalue weighted by molar-refractivity contribution is 5.82. The number of benzene rings is 2. The predicted molar refractivity (Wildman–Crippen MR) is 119 cm³/mol. The van der Waals surface area contributed by atoms with Gasteiger partial charge in [0.1, 0.15) is 6.61 Å². The number of carbonyl (C=O) groups excluding carboxylic acids is 2. The van der Waals surface area contributed by atoms with Crippen molar-refractivity contribution in [3.05, 3.63) is 59.7 Å². The fourth-order valence-corrected chi connectivity index (χ4v) is 5.85. The second kappa shape index (κ2) is 7.33. The Morgan fingerprint density at radius 3 is 2.09 bits per heavy atom. The highest BCUT2D eigenvalue weighted by Gasteiger charge is 2.61. The van der Waals surface area contributed by atoms with Gasteiger partial charge in [0, 0.05) is 19.0 Å². The highest BCUT2D eigenvalue weighted by Crippen LogP contribution is 2.52. The van der Waals surface area contributed by atoms with Crippen LogP contribution in [-0.2, 0) is 14.3 Å². The zero-order valence-corrected chi connectivity index (χ0v) is 18.2. The van der Waals surface area contributed by atoms with Crippen LogP contribution in [0.25, 0.3) is 11.1 Å². The van der Waals surface area contributed by atoms with Crippen molar-refractivity contribution in [3.8, 4) is 11.1 Å². The number of rotatable bonds is 6. The normalized spacial score (nSPS) is 25.6. The van der Waals surface area contributed by atoms with E-state index in [9.17, 15) is 14.4 Å². The fourth-order valence-electron chi connectivity index (χ4n) is 5.85. The van der Waals surface area contributed by atoms with Crippen LogP contribution in [0.1, 0.15) is 36.3 Å². The number of amides is 2. The molecule has 2 amide bonds. The molecule has 1 heterocycles. The zero-order valence-electron chi connectivity index (χ0n) is 18.2. The van der Waals surface area contributed by atoms with E-state index in [1.54, 1.807) is 4.90 Å². The van der Waals surface area contributed by atoms with E-state index >= 15 is 0 Å². The van der Waals surface area contributed by atoms with E-state index in [2.05, 4.69) is 29.6 Å². The Balaban J connectivity index is 1.04. The maximum atomic E-state index is 12.8.